The van der Waals surface area contributed by atoms with Crippen LogP contribution in [0.3, 0.4) is 0 Å². The van der Waals surface area contributed by atoms with Gasteiger partial charge in [0.25, 0.3) is 11.8 Å². The van der Waals surface area contributed by atoms with Crippen molar-refractivity contribution in [3.05, 3.63) is 80.8 Å². The van der Waals surface area contributed by atoms with E-state index in [9.17, 15) is 24.6 Å². The third kappa shape index (κ3) is 5.39. The lowest BCUT2D eigenvalue weighted by Crippen LogP contribution is -2.50. The summed E-state index contributed by atoms with van der Waals surface area (Å²) in [6.45, 7) is 2.02. The maximum atomic E-state index is 13.2. The van der Waals surface area contributed by atoms with Crippen molar-refractivity contribution in [1.82, 2.24) is 26.2 Å². The van der Waals surface area contributed by atoms with E-state index in [1.165, 1.54) is 11.2 Å². The predicted molar refractivity (Wildman–Crippen MR) is 143 cm³/mol. The largest absolute Gasteiger partial charge is 0.480 e. The van der Waals surface area contributed by atoms with Crippen LogP contribution in [0, 0.1) is 0 Å². The number of aliphatic hydroxyl groups excluding tert-OH is 1. The Labute approximate surface area is 232 Å². The number of rotatable bonds is 7. The molecule has 3 aromatic rings. The van der Waals surface area contributed by atoms with Crippen LogP contribution in [0.5, 0.6) is 0 Å². The van der Waals surface area contributed by atoms with E-state index in [4.69, 9.17) is 27.6 Å². The lowest BCUT2D eigenvalue weighted by atomic mass is 9.96. The third-order valence-electron chi connectivity index (χ3n) is 6.69. The standard InChI is InChI=1S/C26H25Cl2N5O6/c1-13(34)19-11-33(31-30-19)12-20(26(37)38)29-24(35)22-18(27)8-16-10-32(6-4-17(16)23(22)28)25(36)15-3-2-14-5-7-39-21(14)9-15/h2-3,5,7-9,11,13,20,30-31,34H,4,6,10,12H2,1H3,(H,29,35)(H,37,38)/t13-,20-/m0/s1. The molecule has 0 aliphatic carbocycles. The van der Waals surface area contributed by atoms with E-state index >= 15 is 0 Å². The van der Waals surface area contributed by atoms with Gasteiger partial charge in [-0.05, 0) is 48.7 Å². The predicted octanol–water partition coefficient (Wildman–Crippen LogP) is 2.67. The fraction of sp³-hybridized carbons (Fsp3) is 0.269. The van der Waals surface area contributed by atoms with Crippen molar-refractivity contribution < 1.29 is 29.0 Å². The van der Waals surface area contributed by atoms with Gasteiger partial charge in [-0.25, -0.2) is 4.79 Å². The Morgan fingerprint density at radius 3 is 2.72 bits per heavy atom. The van der Waals surface area contributed by atoms with Gasteiger partial charge in [-0.1, -0.05) is 29.3 Å². The number of halogens is 2. The molecule has 1 aromatic heterocycles. The highest BCUT2D eigenvalue weighted by molar-refractivity contribution is 6.40. The molecule has 13 heteroatoms. The first-order chi connectivity index (χ1) is 18.6. The summed E-state index contributed by atoms with van der Waals surface area (Å²) in [5.74, 6) is -2.18. The number of carboxylic acid groups (broad SMARTS) is 1. The van der Waals surface area contributed by atoms with Gasteiger partial charge in [-0.15, -0.1) is 5.53 Å². The number of hydrogen-bond acceptors (Lipinski definition) is 8. The molecular weight excluding hydrogens is 549 g/mol. The van der Waals surface area contributed by atoms with Crippen LogP contribution < -0.4 is 16.3 Å². The maximum absolute atomic E-state index is 13.2. The van der Waals surface area contributed by atoms with Gasteiger partial charge < -0.3 is 30.3 Å². The van der Waals surface area contributed by atoms with Crippen molar-refractivity contribution in [2.45, 2.75) is 32.0 Å². The Morgan fingerprint density at radius 2 is 2.00 bits per heavy atom. The number of hydrazine groups is 2. The molecule has 2 aromatic carbocycles. The van der Waals surface area contributed by atoms with Crippen LogP contribution >= 0.6 is 23.2 Å². The molecule has 2 aliphatic heterocycles. The van der Waals surface area contributed by atoms with Crippen LogP contribution in [-0.4, -0.2) is 63.1 Å². The number of nitrogens with one attached hydrogen (secondary N) is 3. The Balaban J connectivity index is 1.32. The van der Waals surface area contributed by atoms with Crippen LogP contribution in [-0.2, 0) is 17.8 Å². The number of fused-ring (bicyclic) bond motifs is 2. The normalized spacial score (nSPS) is 16.4. The maximum Gasteiger partial charge on any atom is 0.328 e. The number of carboxylic acids is 1. The van der Waals surface area contributed by atoms with Gasteiger partial charge in [-0.3, -0.25) is 14.6 Å². The minimum atomic E-state index is -1.32. The average Bonchev–Trinajstić information content (AvgIpc) is 3.56. The van der Waals surface area contributed by atoms with Gasteiger partial charge in [0.15, 0.2) is 0 Å². The van der Waals surface area contributed by atoms with Gasteiger partial charge in [0, 0.05) is 30.2 Å². The number of carbonyl (C=O) groups is 3. The van der Waals surface area contributed by atoms with Gasteiger partial charge in [0.2, 0.25) is 0 Å². The Morgan fingerprint density at radius 1 is 1.21 bits per heavy atom. The van der Waals surface area contributed by atoms with E-state index in [1.807, 2.05) is 12.1 Å². The zero-order chi connectivity index (χ0) is 27.8. The van der Waals surface area contributed by atoms with Crippen LogP contribution in [0.2, 0.25) is 10.0 Å². The first-order valence-corrected chi connectivity index (χ1v) is 12.9. The molecule has 0 spiro atoms. The molecule has 11 nitrogen and oxygen atoms in total. The molecule has 2 amide bonds. The summed E-state index contributed by atoms with van der Waals surface area (Å²) in [5, 5.41) is 24.3. The van der Waals surface area contributed by atoms with Crippen molar-refractivity contribution in [3.8, 4) is 0 Å². The molecule has 0 bridgehead atoms. The minimum Gasteiger partial charge on any atom is -0.480 e. The number of aliphatic hydroxyl groups is 1. The van der Waals surface area contributed by atoms with Gasteiger partial charge in [0.1, 0.15) is 11.6 Å². The molecule has 5 N–H and O–H groups in total. The molecule has 2 atom stereocenters. The number of benzene rings is 2. The average molecular weight is 574 g/mol. The summed E-state index contributed by atoms with van der Waals surface area (Å²) in [6, 6.07) is 7.37. The molecular formula is C26H25Cl2N5O6. The van der Waals surface area contributed by atoms with Crippen LogP contribution in [0.4, 0.5) is 0 Å². The van der Waals surface area contributed by atoms with E-state index in [0.717, 1.165) is 5.39 Å². The number of aliphatic carboxylic acids is 1. The molecule has 204 valence electrons. The highest BCUT2D eigenvalue weighted by Gasteiger charge is 2.31. The second-order valence-corrected chi connectivity index (χ2v) is 10.1. The number of amides is 2. The summed E-state index contributed by atoms with van der Waals surface area (Å²) < 4.78 is 5.41. The SMILES string of the molecule is C[C@H](O)C1=CN(C[C@H](NC(=O)c2c(Cl)cc3c(c2Cl)CCN(C(=O)c2ccc4ccoc4c2)C3)C(=O)O)NN1. The fourth-order valence-electron chi connectivity index (χ4n) is 4.60. The molecule has 0 fully saturated rings. The first-order valence-electron chi connectivity index (χ1n) is 12.1. The number of carbonyl (C=O) groups excluding carboxylic acids is 2. The Bertz CT molecular complexity index is 1500. The lowest BCUT2D eigenvalue weighted by molar-refractivity contribution is -0.139. The fourth-order valence-corrected chi connectivity index (χ4v) is 5.36. The topological polar surface area (TPSA) is 147 Å². The number of nitrogens with zero attached hydrogens (tertiary/aromatic N) is 2. The Hall–Kier alpha value is -3.77. The van der Waals surface area contributed by atoms with Crippen molar-refractivity contribution in [2.24, 2.45) is 0 Å². The van der Waals surface area contributed by atoms with Crippen LogP contribution in [0.1, 0.15) is 38.8 Å². The van der Waals surface area contributed by atoms with Crippen molar-refractivity contribution in [3.63, 3.8) is 0 Å². The van der Waals surface area contributed by atoms with Gasteiger partial charge >= 0.3 is 5.97 Å². The molecule has 3 heterocycles. The summed E-state index contributed by atoms with van der Waals surface area (Å²) in [6.07, 6.45) is 2.67. The van der Waals surface area contributed by atoms with Crippen LogP contribution in [0.15, 0.2) is 52.9 Å². The van der Waals surface area contributed by atoms with Gasteiger partial charge in [-0.2, -0.15) is 0 Å². The van der Waals surface area contributed by atoms with E-state index in [0.29, 0.717) is 40.9 Å². The second-order valence-electron chi connectivity index (χ2n) is 9.35. The van der Waals surface area contributed by atoms with Crippen LogP contribution in [0.25, 0.3) is 11.0 Å². The van der Waals surface area contributed by atoms with E-state index in [2.05, 4.69) is 16.3 Å². The molecule has 0 radical (unpaired) electrons. The third-order valence-corrected chi connectivity index (χ3v) is 7.41. The van der Waals surface area contributed by atoms with E-state index in [1.54, 1.807) is 36.3 Å². The lowest BCUT2D eigenvalue weighted by Gasteiger charge is -2.30. The smallest absolute Gasteiger partial charge is 0.328 e. The first kappa shape index (κ1) is 26.8. The van der Waals surface area contributed by atoms with Crippen molar-refractivity contribution in [2.75, 3.05) is 13.1 Å². The molecule has 2 aliphatic rings. The highest BCUT2D eigenvalue weighted by atomic mass is 35.5. The minimum absolute atomic E-state index is 0.0286. The van der Waals surface area contributed by atoms with Gasteiger partial charge in [0.05, 0.1) is 40.2 Å². The van der Waals surface area contributed by atoms with Crippen molar-refractivity contribution in [1.29, 1.82) is 0 Å². The number of furan rings is 1. The Kier molecular flexibility index (Phi) is 7.41. The summed E-state index contributed by atoms with van der Waals surface area (Å²) in [4.78, 5) is 39.9. The van der Waals surface area contributed by atoms with E-state index in [-0.39, 0.29) is 34.6 Å². The molecule has 39 heavy (non-hydrogen) atoms. The number of hydrogen-bond donors (Lipinski definition) is 5. The second kappa shape index (κ2) is 10.8. The molecule has 0 saturated carbocycles. The summed E-state index contributed by atoms with van der Waals surface area (Å²) in [7, 11) is 0. The molecule has 0 saturated heterocycles. The van der Waals surface area contributed by atoms with Crippen molar-refractivity contribution >= 4 is 52.0 Å². The molecule has 0 unspecified atom stereocenters. The zero-order valence-corrected chi connectivity index (χ0v) is 22.2. The summed E-state index contributed by atoms with van der Waals surface area (Å²) >= 11 is 13.1. The monoisotopic (exact) mass is 573 g/mol. The molecule has 5 rings (SSSR count). The summed E-state index contributed by atoms with van der Waals surface area (Å²) in [5.41, 5.74) is 8.35. The highest BCUT2D eigenvalue weighted by Crippen LogP contribution is 2.35. The van der Waals surface area contributed by atoms with E-state index < -0.39 is 24.0 Å². The quantitative estimate of drug-likeness (QED) is 0.287. The zero-order valence-electron chi connectivity index (χ0n) is 20.7.